The van der Waals surface area contributed by atoms with E-state index in [0.717, 1.165) is 24.8 Å². The van der Waals surface area contributed by atoms with Gasteiger partial charge in [-0.3, -0.25) is 15.4 Å². The third-order valence-electron chi connectivity index (χ3n) is 5.25. The van der Waals surface area contributed by atoms with Crippen molar-refractivity contribution < 1.29 is 18.0 Å². The molecule has 0 spiro atoms. The van der Waals surface area contributed by atoms with Gasteiger partial charge in [0.2, 0.25) is 15.9 Å². The Kier molecular flexibility index (Phi) is 7.78. The summed E-state index contributed by atoms with van der Waals surface area (Å²) in [5, 5.41) is 7.81. The van der Waals surface area contributed by atoms with Gasteiger partial charge in [0, 0.05) is 26.7 Å². The van der Waals surface area contributed by atoms with E-state index in [1.54, 1.807) is 36.4 Å². The van der Waals surface area contributed by atoms with E-state index in [1.807, 2.05) is 18.2 Å². The number of amides is 3. The Bertz CT molecular complexity index is 988. The summed E-state index contributed by atoms with van der Waals surface area (Å²) >= 11 is 0. The van der Waals surface area contributed by atoms with E-state index in [1.165, 1.54) is 11.4 Å². The first-order chi connectivity index (χ1) is 14.9. The van der Waals surface area contributed by atoms with Gasteiger partial charge in [0.15, 0.2) is 0 Å². The van der Waals surface area contributed by atoms with Crippen molar-refractivity contribution in [3.63, 3.8) is 0 Å². The summed E-state index contributed by atoms with van der Waals surface area (Å²) in [6.07, 6.45) is 2.84. The lowest BCUT2D eigenvalue weighted by molar-refractivity contribution is -0.122. The lowest BCUT2D eigenvalue weighted by atomic mass is 10.1. The molecule has 0 radical (unpaired) electrons. The number of benzene rings is 2. The molecule has 1 saturated heterocycles. The largest absolute Gasteiger partial charge is 0.341 e. The first kappa shape index (κ1) is 22.9. The second-order valence-corrected chi connectivity index (χ2v) is 9.34. The number of carbonyl (C=O) groups is 2. The molecule has 31 heavy (non-hydrogen) atoms. The van der Waals surface area contributed by atoms with Crippen LogP contribution in [-0.4, -0.2) is 44.8 Å². The van der Waals surface area contributed by atoms with E-state index in [4.69, 9.17) is 0 Å². The molecular weight excluding hydrogens is 416 g/mol. The van der Waals surface area contributed by atoms with Crippen LogP contribution in [0.5, 0.6) is 0 Å². The van der Waals surface area contributed by atoms with Crippen molar-refractivity contribution in [2.24, 2.45) is 0 Å². The molecule has 8 nitrogen and oxygen atoms in total. The predicted molar refractivity (Wildman–Crippen MR) is 118 cm³/mol. The van der Waals surface area contributed by atoms with Gasteiger partial charge in [-0.15, -0.1) is 0 Å². The highest BCUT2D eigenvalue weighted by atomic mass is 32.2. The van der Waals surface area contributed by atoms with Gasteiger partial charge in [-0.2, -0.15) is 4.31 Å². The Morgan fingerprint density at radius 2 is 1.61 bits per heavy atom. The smallest absolute Gasteiger partial charge is 0.321 e. The molecular formula is C22H28N4O4S. The molecule has 166 valence electrons. The molecule has 0 aromatic heterocycles. The maximum Gasteiger partial charge on any atom is 0.321 e. The minimum Gasteiger partial charge on any atom is -0.341 e. The maximum atomic E-state index is 12.8. The Labute approximate surface area is 183 Å². The van der Waals surface area contributed by atoms with E-state index in [9.17, 15) is 18.0 Å². The van der Waals surface area contributed by atoms with Gasteiger partial charge in [-0.05, 0) is 36.1 Å². The summed E-state index contributed by atoms with van der Waals surface area (Å²) in [5.41, 5.74) is 1.54. The van der Waals surface area contributed by atoms with Crippen molar-refractivity contribution in [1.82, 2.24) is 20.3 Å². The third kappa shape index (κ3) is 5.90. The van der Waals surface area contributed by atoms with Crippen molar-refractivity contribution in [1.29, 1.82) is 0 Å². The van der Waals surface area contributed by atoms with E-state index in [0.29, 0.717) is 25.2 Å². The summed E-state index contributed by atoms with van der Waals surface area (Å²) in [6.45, 7) is 1.44. The fourth-order valence-electron chi connectivity index (χ4n) is 3.51. The molecule has 0 aliphatic carbocycles. The van der Waals surface area contributed by atoms with Crippen molar-refractivity contribution >= 4 is 22.0 Å². The predicted octanol–water partition coefficient (Wildman–Crippen LogP) is 2.15. The van der Waals surface area contributed by atoms with Crippen molar-refractivity contribution in [2.45, 2.75) is 36.7 Å². The number of carbonyl (C=O) groups excluding carboxylic acids is 2. The highest BCUT2D eigenvalue weighted by Gasteiger charge is 2.26. The number of nitrogens with zero attached hydrogens (tertiary/aromatic N) is 1. The SMILES string of the molecule is CNC(=O)NC(=O)C(NCc1ccc(S(=O)(=O)N2CCCCC2)cc1)c1ccccc1. The van der Waals surface area contributed by atoms with Crippen LogP contribution in [0.1, 0.15) is 36.4 Å². The minimum absolute atomic E-state index is 0.273. The summed E-state index contributed by atoms with van der Waals surface area (Å²) in [5.74, 6) is -0.477. The molecule has 2 aromatic rings. The number of hydrogen-bond donors (Lipinski definition) is 3. The van der Waals surface area contributed by atoms with Crippen molar-refractivity contribution in [3.05, 3.63) is 65.7 Å². The Morgan fingerprint density at radius 1 is 0.968 bits per heavy atom. The number of hydrogen-bond acceptors (Lipinski definition) is 5. The van der Waals surface area contributed by atoms with Crippen LogP contribution in [0.3, 0.4) is 0 Å². The topological polar surface area (TPSA) is 108 Å². The second kappa shape index (κ2) is 10.5. The highest BCUT2D eigenvalue weighted by Crippen LogP contribution is 2.21. The molecule has 1 aliphatic heterocycles. The number of urea groups is 1. The zero-order valence-electron chi connectivity index (χ0n) is 17.5. The summed E-state index contributed by atoms with van der Waals surface area (Å²) in [4.78, 5) is 24.4. The van der Waals surface area contributed by atoms with Gasteiger partial charge >= 0.3 is 6.03 Å². The maximum absolute atomic E-state index is 12.8. The fraction of sp³-hybridized carbons (Fsp3) is 0.364. The molecule has 1 unspecified atom stereocenters. The minimum atomic E-state index is -3.48. The highest BCUT2D eigenvalue weighted by molar-refractivity contribution is 7.89. The zero-order chi connectivity index (χ0) is 22.3. The lowest BCUT2D eigenvalue weighted by Gasteiger charge is -2.26. The molecule has 1 atom stereocenters. The van der Waals surface area contributed by atoms with Gasteiger partial charge < -0.3 is 5.32 Å². The molecule has 1 heterocycles. The molecule has 3 N–H and O–H groups in total. The normalized spacial score (nSPS) is 15.8. The van der Waals surface area contributed by atoms with Crippen molar-refractivity contribution in [2.75, 3.05) is 20.1 Å². The van der Waals surface area contributed by atoms with E-state index >= 15 is 0 Å². The molecule has 0 bridgehead atoms. The van der Waals surface area contributed by atoms with Crippen molar-refractivity contribution in [3.8, 4) is 0 Å². The number of nitrogens with one attached hydrogen (secondary N) is 3. The van der Waals surface area contributed by atoms with Crippen LogP contribution in [0, 0.1) is 0 Å². The van der Waals surface area contributed by atoms with E-state index in [2.05, 4.69) is 16.0 Å². The monoisotopic (exact) mass is 444 g/mol. The summed E-state index contributed by atoms with van der Waals surface area (Å²) in [6, 6.07) is 14.4. The number of rotatable bonds is 7. The first-order valence-electron chi connectivity index (χ1n) is 10.3. The fourth-order valence-corrected chi connectivity index (χ4v) is 5.02. The van der Waals surface area contributed by atoms with Crippen LogP contribution in [0.15, 0.2) is 59.5 Å². The second-order valence-electron chi connectivity index (χ2n) is 7.40. The molecule has 3 amide bonds. The molecule has 3 rings (SSSR count). The number of piperidine rings is 1. The third-order valence-corrected chi connectivity index (χ3v) is 7.16. The van der Waals surface area contributed by atoms with E-state index < -0.39 is 28.0 Å². The molecule has 2 aromatic carbocycles. The number of imide groups is 1. The quantitative estimate of drug-likeness (QED) is 0.607. The Balaban J connectivity index is 1.70. The average Bonchev–Trinajstić information content (AvgIpc) is 2.80. The van der Waals surface area contributed by atoms with Gasteiger partial charge in [-0.25, -0.2) is 13.2 Å². The van der Waals surface area contributed by atoms with Gasteiger partial charge in [0.05, 0.1) is 4.90 Å². The summed E-state index contributed by atoms with van der Waals surface area (Å²) < 4.78 is 27.1. The van der Waals surface area contributed by atoms with Crippen LogP contribution in [0.4, 0.5) is 4.79 Å². The van der Waals surface area contributed by atoms with Crippen LogP contribution in [-0.2, 0) is 21.4 Å². The lowest BCUT2D eigenvalue weighted by Crippen LogP contribution is -2.44. The van der Waals surface area contributed by atoms with Crippen LogP contribution >= 0.6 is 0 Å². The average molecular weight is 445 g/mol. The van der Waals surface area contributed by atoms with Crippen LogP contribution in [0.25, 0.3) is 0 Å². The van der Waals surface area contributed by atoms with Gasteiger partial charge in [-0.1, -0.05) is 48.9 Å². The molecule has 0 saturated carbocycles. The molecule has 9 heteroatoms. The van der Waals surface area contributed by atoms with Gasteiger partial charge in [0.25, 0.3) is 0 Å². The van der Waals surface area contributed by atoms with Gasteiger partial charge in [0.1, 0.15) is 6.04 Å². The Hall–Kier alpha value is -2.75. The number of sulfonamides is 1. The Morgan fingerprint density at radius 3 is 2.23 bits per heavy atom. The molecule has 1 aliphatic rings. The van der Waals surface area contributed by atoms with Crippen LogP contribution in [0.2, 0.25) is 0 Å². The first-order valence-corrected chi connectivity index (χ1v) is 11.8. The molecule has 1 fully saturated rings. The van der Waals surface area contributed by atoms with E-state index in [-0.39, 0.29) is 4.90 Å². The summed E-state index contributed by atoms with van der Waals surface area (Å²) in [7, 11) is -2.04. The zero-order valence-corrected chi connectivity index (χ0v) is 18.3. The van der Waals surface area contributed by atoms with Crippen LogP contribution < -0.4 is 16.0 Å². The standard InChI is InChI=1S/C22H28N4O4S/c1-23-22(28)25-21(27)20(18-8-4-2-5-9-18)24-16-17-10-12-19(13-11-17)31(29,30)26-14-6-3-7-15-26/h2,4-5,8-13,20,24H,3,6-7,14-16H2,1H3,(H2,23,25,27,28).